The molecule has 3 aliphatic rings. The molecular weight excluding hydrogens is 501 g/mol. The second-order valence-corrected chi connectivity index (χ2v) is 25.1. The zero-order valence-electron chi connectivity index (χ0n) is 26.8. The van der Waals surface area contributed by atoms with E-state index in [-0.39, 0.29) is 33.8 Å². The van der Waals surface area contributed by atoms with Crippen molar-refractivity contribution in [3.63, 3.8) is 0 Å². The lowest BCUT2D eigenvalue weighted by Crippen LogP contribution is -2.49. The first-order valence-corrected chi connectivity index (χ1v) is 20.8. The van der Waals surface area contributed by atoms with Crippen LogP contribution >= 0.6 is 0 Å². The largest absolute Gasteiger partial charge is 0.413 e. The Kier molecular flexibility index (Phi) is 9.14. The van der Waals surface area contributed by atoms with Crippen molar-refractivity contribution in [1.29, 1.82) is 0 Å². The van der Waals surface area contributed by atoms with Crippen molar-refractivity contribution in [2.75, 3.05) is 0 Å². The van der Waals surface area contributed by atoms with Crippen LogP contribution in [0.25, 0.3) is 0 Å². The first kappa shape index (κ1) is 31.8. The Bertz CT molecular complexity index is 989. The highest BCUT2D eigenvalue weighted by molar-refractivity contribution is 6.74. The van der Waals surface area contributed by atoms with Gasteiger partial charge in [0.05, 0.1) is 18.3 Å². The predicted octanol–water partition coefficient (Wildman–Crippen LogP) is 9.49. The summed E-state index contributed by atoms with van der Waals surface area (Å²) in [6, 6.07) is 0. The lowest BCUT2D eigenvalue weighted by Gasteiger charge is -2.45. The minimum absolute atomic E-state index is 0.00334. The van der Waals surface area contributed by atoms with Crippen LogP contribution in [0.4, 0.5) is 0 Å². The van der Waals surface area contributed by atoms with E-state index < -0.39 is 16.6 Å². The second-order valence-electron chi connectivity index (χ2n) is 15.6. The Balaban J connectivity index is 1.95. The van der Waals surface area contributed by atoms with Crippen molar-refractivity contribution in [1.82, 2.24) is 0 Å². The molecule has 0 spiro atoms. The summed E-state index contributed by atoms with van der Waals surface area (Å²) in [6.45, 7) is 32.4. The average Bonchev–Trinajstić information content (AvgIpc) is 3.02. The number of hydrogen-bond donors (Lipinski definition) is 1. The van der Waals surface area contributed by atoms with Crippen molar-refractivity contribution in [3.8, 4) is 0 Å². The maximum atomic E-state index is 10.8. The SMILES string of the molecule is C=C1C(=CC=C2CCC[C@]3(C)/C(=C\C)[C@H](O)C[C@@H]23)C[C@@H](O[Si](C)(C)C(C)(C)C)C[C@@H]1O[Si](C)(C)C(C)(C)C. The van der Waals surface area contributed by atoms with Gasteiger partial charge in [0.15, 0.2) is 16.6 Å². The van der Waals surface area contributed by atoms with Crippen molar-refractivity contribution >= 4 is 16.6 Å². The highest BCUT2D eigenvalue weighted by atomic mass is 28.4. The fourth-order valence-corrected chi connectivity index (χ4v) is 9.06. The highest BCUT2D eigenvalue weighted by Gasteiger charge is 2.50. The quantitative estimate of drug-likeness (QED) is 0.270. The van der Waals surface area contributed by atoms with Gasteiger partial charge < -0.3 is 14.0 Å². The van der Waals surface area contributed by atoms with E-state index in [4.69, 9.17) is 8.85 Å². The molecule has 38 heavy (non-hydrogen) atoms. The number of rotatable bonds is 5. The van der Waals surface area contributed by atoms with Gasteiger partial charge in [0.2, 0.25) is 0 Å². The predicted molar refractivity (Wildman–Crippen MR) is 169 cm³/mol. The van der Waals surface area contributed by atoms with Crippen LogP contribution in [-0.2, 0) is 8.85 Å². The molecule has 3 fully saturated rings. The van der Waals surface area contributed by atoms with E-state index in [1.165, 1.54) is 29.6 Å². The number of allylic oxidation sites excluding steroid dienone is 4. The van der Waals surface area contributed by atoms with E-state index in [1.54, 1.807) is 0 Å². The van der Waals surface area contributed by atoms with Crippen LogP contribution < -0.4 is 0 Å². The van der Waals surface area contributed by atoms with E-state index in [0.717, 1.165) is 31.3 Å². The molecule has 1 N–H and O–H groups in total. The maximum Gasteiger partial charge on any atom is 0.192 e. The monoisotopic (exact) mass is 558 g/mol. The molecule has 3 rings (SSSR count). The molecule has 0 aromatic carbocycles. The molecule has 3 aliphatic carbocycles. The molecule has 0 aromatic heterocycles. The van der Waals surface area contributed by atoms with Crippen LogP contribution in [-0.4, -0.2) is 40.1 Å². The summed E-state index contributed by atoms with van der Waals surface area (Å²) in [5.74, 6) is 0.421. The minimum atomic E-state index is -1.97. The first-order valence-electron chi connectivity index (χ1n) is 15.0. The fourth-order valence-electron chi connectivity index (χ4n) is 6.39. The van der Waals surface area contributed by atoms with Crippen LogP contribution in [0.5, 0.6) is 0 Å². The van der Waals surface area contributed by atoms with Crippen LogP contribution in [0.1, 0.15) is 93.9 Å². The van der Waals surface area contributed by atoms with Gasteiger partial charge in [-0.3, -0.25) is 0 Å². The maximum absolute atomic E-state index is 10.8. The molecule has 216 valence electrons. The van der Waals surface area contributed by atoms with Crippen LogP contribution in [0, 0.1) is 11.3 Å². The topological polar surface area (TPSA) is 38.7 Å². The van der Waals surface area contributed by atoms with Crippen LogP contribution in [0.15, 0.2) is 47.1 Å². The van der Waals surface area contributed by atoms with Crippen molar-refractivity contribution in [2.45, 2.75) is 148 Å². The molecular formula is C33H58O3Si2. The summed E-state index contributed by atoms with van der Waals surface area (Å²) >= 11 is 0. The molecule has 0 aliphatic heterocycles. The second kappa shape index (κ2) is 10.9. The Morgan fingerprint density at radius 2 is 1.53 bits per heavy atom. The molecule has 0 aromatic rings. The number of fused-ring (bicyclic) bond motifs is 1. The summed E-state index contributed by atoms with van der Waals surface area (Å²) in [5, 5.41) is 11.1. The van der Waals surface area contributed by atoms with E-state index in [9.17, 15) is 5.11 Å². The zero-order chi connectivity index (χ0) is 28.9. The Hall–Kier alpha value is -0.726. The van der Waals surface area contributed by atoms with Gasteiger partial charge in [0.1, 0.15) is 0 Å². The van der Waals surface area contributed by atoms with Gasteiger partial charge in [-0.25, -0.2) is 0 Å². The summed E-state index contributed by atoms with van der Waals surface area (Å²) in [5.41, 5.74) is 5.24. The third-order valence-electron chi connectivity index (χ3n) is 10.9. The third-order valence-corrected chi connectivity index (χ3v) is 19.9. The Labute approximate surface area is 237 Å². The van der Waals surface area contributed by atoms with Gasteiger partial charge in [-0.2, -0.15) is 0 Å². The van der Waals surface area contributed by atoms with E-state index in [0.29, 0.717) is 5.92 Å². The minimum Gasteiger partial charge on any atom is -0.413 e. The number of aliphatic hydroxyl groups is 1. The van der Waals surface area contributed by atoms with E-state index >= 15 is 0 Å². The average molecular weight is 559 g/mol. The molecule has 5 atom stereocenters. The lowest BCUT2D eigenvalue weighted by molar-refractivity contribution is 0.0970. The molecule has 5 heteroatoms. The van der Waals surface area contributed by atoms with Gasteiger partial charge in [-0.15, -0.1) is 0 Å². The van der Waals surface area contributed by atoms with Crippen molar-refractivity contribution in [3.05, 3.63) is 47.1 Å². The molecule has 0 amide bonds. The lowest BCUT2D eigenvalue weighted by atomic mass is 9.65. The van der Waals surface area contributed by atoms with Crippen molar-refractivity contribution in [2.24, 2.45) is 11.3 Å². The first-order chi connectivity index (χ1) is 17.2. The van der Waals surface area contributed by atoms with E-state index in [2.05, 4.69) is 106 Å². The standard InChI is InChI=1S/C33H58O3Si2/c1-14-27-29(34)22-28-24(16-15-19-33(27,28)9)17-18-25-20-26(35-37(10,11)31(3,4)5)21-30(23(25)2)36-38(12,13)32(6,7)8/h14,17-18,26,28-30,34H,2,15-16,19-22H2,1,3-13H3/b24-17?,25-18?,27-14-/t26-,28+,29-,30+,33-/m1/s1. The van der Waals surface area contributed by atoms with Gasteiger partial charge in [0, 0.05) is 6.42 Å². The normalized spacial score (nSPS) is 34.9. The summed E-state index contributed by atoms with van der Waals surface area (Å²) in [7, 11) is -3.89. The molecule has 0 unspecified atom stereocenters. The molecule has 0 radical (unpaired) electrons. The molecule has 0 bridgehead atoms. The van der Waals surface area contributed by atoms with Crippen LogP contribution in [0.3, 0.4) is 0 Å². The van der Waals surface area contributed by atoms with Crippen molar-refractivity contribution < 1.29 is 14.0 Å². The van der Waals surface area contributed by atoms with Gasteiger partial charge in [0.25, 0.3) is 0 Å². The third kappa shape index (κ3) is 6.27. The van der Waals surface area contributed by atoms with Crippen LogP contribution in [0.2, 0.25) is 36.3 Å². The summed E-state index contributed by atoms with van der Waals surface area (Å²) in [4.78, 5) is 0. The zero-order valence-corrected chi connectivity index (χ0v) is 28.8. The molecule has 0 heterocycles. The summed E-state index contributed by atoms with van der Waals surface area (Å²) < 4.78 is 14.0. The summed E-state index contributed by atoms with van der Waals surface area (Å²) in [6.07, 6.45) is 12.8. The van der Waals surface area contributed by atoms with Gasteiger partial charge >= 0.3 is 0 Å². The molecule has 3 saturated carbocycles. The number of hydrogen-bond acceptors (Lipinski definition) is 3. The fraction of sp³-hybridized carbons (Fsp3) is 0.758. The smallest absolute Gasteiger partial charge is 0.192 e. The molecule has 0 saturated heterocycles. The molecule has 3 nitrogen and oxygen atoms in total. The van der Waals surface area contributed by atoms with Gasteiger partial charge in [-0.1, -0.05) is 78.8 Å². The highest BCUT2D eigenvalue weighted by Crippen LogP contribution is 2.57. The number of aliphatic hydroxyl groups excluding tert-OH is 1. The van der Waals surface area contributed by atoms with E-state index in [1.807, 2.05) is 0 Å². The Morgan fingerprint density at radius 1 is 0.947 bits per heavy atom. The van der Waals surface area contributed by atoms with Gasteiger partial charge in [-0.05, 0) is 103 Å². The Morgan fingerprint density at radius 3 is 2.08 bits per heavy atom.